The molecule has 0 atom stereocenters. The summed E-state index contributed by atoms with van der Waals surface area (Å²) < 4.78 is 31.1. The van der Waals surface area contributed by atoms with E-state index in [1.54, 1.807) is 0 Å². The average Bonchev–Trinajstić information content (AvgIpc) is 2.82. The first-order valence-corrected chi connectivity index (χ1v) is 8.47. The quantitative estimate of drug-likeness (QED) is 0.618. The van der Waals surface area contributed by atoms with Crippen molar-refractivity contribution in [3.8, 4) is 0 Å². The Hall–Kier alpha value is -0.740. The lowest BCUT2D eigenvalue weighted by Crippen LogP contribution is -2.40. The van der Waals surface area contributed by atoms with Gasteiger partial charge in [0.15, 0.2) is 4.34 Å². The largest absolute Gasteiger partial charge is 0.381 e. The third-order valence-corrected chi connectivity index (χ3v) is 6.88. The number of sulfonamides is 1. The summed E-state index contributed by atoms with van der Waals surface area (Å²) in [6.07, 6.45) is 1.22. The van der Waals surface area contributed by atoms with Crippen molar-refractivity contribution in [3.05, 3.63) is 20.5 Å². The van der Waals surface area contributed by atoms with Gasteiger partial charge in [-0.05, 0) is 12.8 Å². The van der Waals surface area contributed by atoms with Crippen molar-refractivity contribution >= 4 is 38.6 Å². The first-order chi connectivity index (χ1) is 9.34. The van der Waals surface area contributed by atoms with Crippen LogP contribution < -0.4 is 0 Å². The van der Waals surface area contributed by atoms with E-state index in [4.69, 9.17) is 16.3 Å². The van der Waals surface area contributed by atoms with Crippen LogP contribution in [0.3, 0.4) is 0 Å². The Kier molecular flexibility index (Phi) is 4.65. The van der Waals surface area contributed by atoms with Gasteiger partial charge in [0.25, 0.3) is 15.7 Å². The second-order valence-corrected chi connectivity index (χ2v) is 8.22. The molecule has 0 radical (unpaired) electrons. The topological polar surface area (TPSA) is 89.8 Å². The van der Waals surface area contributed by atoms with Crippen LogP contribution in [0.1, 0.15) is 12.8 Å². The van der Waals surface area contributed by atoms with Crippen LogP contribution in [-0.4, -0.2) is 43.9 Å². The minimum absolute atomic E-state index is 0.108. The van der Waals surface area contributed by atoms with Crippen molar-refractivity contribution in [3.63, 3.8) is 0 Å². The highest BCUT2D eigenvalue weighted by Crippen LogP contribution is 2.37. The van der Waals surface area contributed by atoms with E-state index in [9.17, 15) is 18.5 Å². The van der Waals surface area contributed by atoms with Crippen molar-refractivity contribution in [1.82, 2.24) is 4.31 Å². The molecule has 0 bridgehead atoms. The Balaban J connectivity index is 2.29. The Bertz CT molecular complexity index is 609. The van der Waals surface area contributed by atoms with Gasteiger partial charge in [0.05, 0.1) is 4.92 Å². The molecule has 10 heteroatoms. The molecule has 0 aromatic carbocycles. The molecule has 0 aliphatic carbocycles. The Labute approximate surface area is 125 Å². The number of nitro groups is 1. The lowest BCUT2D eigenvalue weighted by atomic mass is 10.1. The summed E-state index contributed by atoms with van der Waals surface area (Å²) in [7, 11) is -2.29. The molecule has 7 nitrogen and oxygen atoms in total. The number of rotatable bonds is 4. The number of nitrogens with zero attached hydrogens (tertiary/aromatic N) is 2. The van der Waals surface area contributed by atoms with E-state index in [-0.39, 0.29) is 20.3 Å². The van der Waals surface area contributed by atoms with Crippen LogP contribution in [-0.2, 0) is 14.8 Å². The molecule has 2 heterocycles. The zero-order chi connectivity index (χ0) is 14.9. The maximum atomic E-state index is 12.4. The maximum absolute atomic E-state index is 12.4. The number of halogens is 1. The molecular weight excluding hydrogens is 328 g/mol. The molecule has 1 aromatic rings. The Morgan fingerprint density at radius 3 is 2.60 bits per heavy atom. The second kappa shape index (κ2) is 5.94. The van der Waals surface area contributed by atoms with Crippen molar-refractivity contribution in [2.45, 2.75) is 23.1 Å². The number of hydrogen-bond donors (Lipinski definition) is 0. The van der Waals surface area contributed by atoms with Gasteiger partial charge < -0.3 is 4.74 Å². The highest BCUT2D eigenvalue weighted by molar-refractivity contribution is 7.91. The van der Waals surface area contributed by atoms with E-state index in [0.717, 1.165) is 6.07 Å². The van der Waals surface area contributed by atoms with Gasteiger partial charge in [-0.2, -0.15) is 4.31 Å². The minimum atomic E-state index is -3.77. The molecule has 2 rings (SSSR count). The normalized spacial score (nSPS) is 17.6. The van der Waals surface area contributed by atoms with E-state index >= 15 is 0 Å². The third-order valence-electron chi connectivity index (χ3n) is 3.18. The predicted molar refractivity (Wildman–Crippen MR) is 74.8 cm³/mol. The first kappa shape index (κ1) is 15.6. The van der Waals surface area contributed by atoms with Gasteiger partial charge in [-0.15, -0.1) is 11.3 Å². The fourth-order valence-electron chi connectivity index (χ4n) is 1.98. The molecule has 1 aliphatic heterocycles. The summed E-state index contributed by atoms with van der Waals surface area (Å²) in [4.78, 5) is 10.0. The highest BCUT2D eigenvalue weighted by atomic mass is 35.5. The summed E-state index contributed by atoms with van der Waals surface area (Å²) in [5, 5.41) is 10.7. The molecular formula is C10H13ClN2O5S2. The molecule has 112 valence electrons. The van der Waals surface area contributed by atoms with Crippen molar-refractivity contribution < 1.29 is 18.1 Å². The SMILES string of the molecule is CN(C1CCOCC1)S(=O)(=O)c1cc([N+](=O)[O-])c(Cl)s1. The van der Waals surface area contributed by atoms with Crippen LogP contribution >= 0.6 is 22.9 Å². The summed E-state index contributed by atoms with van der Waals surface area (Å²) in [6.45, 7) is 1.02. The predicted octanol–water partition coefficient (Wildman–Crippen LogP) is 2.11. The van der Waals surface area contributed by atoms with Crippen LogP contribution in [0.2, 0.25) is 4.34 Å². The highest BCUT2D eigenvalue weighted by Gasteiger charge is 2.33. The zero-order valence-corrected chi connectivity index (χ0v) is 13.0. The standard InChI is InChI=1S/C10H13ClN2O5S2/c1-12(7-2-4-18-5-3-7)20(16,17)9-6-8(13(14)15)10(11)19-9/h6-7H,2-5H2,1H3. The monoisotopic (exact) mass is 340 g/mol. The van der Waals surface area contributed by atoms with Gasteiger partial charge in [-0.25, -0.2) is 8.42 Å². The van der Waals surface area contributed by atoms with Crippen molar-refractivity contribution in [2.75, 3.05) is 20.3 Å². The first-order valence-electron chi connectivity index (χ1n) is 5.83. The molecule has 20 heavy (non-hydrogen) atoms. The van der Waals surface area contributed by atoms with E-state index in [0.29, 0.717) is 37.4 Å². The molecule has 0 saturated carbocycles. The summed E-state index contributed by atoms with van der Waals surface area (Å²) in [5.41, 5.74) is -0.379. The lowest BCUT2D eigenvalue weighted by molar-refractivity contribution is -0.384. The summed E-state index contributed by atoms with van der Waals surface area (Å²) in [6, 6.07) is 0.853. The molecule has 0 unspecified atom stereocenters. The number of hydrogen-bond acceptors (Lipinski definition) is 6. The summed E-state index contributed by atoms with van der Waals surface area (Å²) in [5.74, 6) is 0. The van der Waals surface area contributed by atoms with Crippen LogP contribution in [0.25, 0.3) is 0 Å². The average molecular weight is 341 g/mol. The fourth-order valence-corrected chi connectivity index (χ4v) is 5.24. The fraction of sp³-hybridized carbons (Fsp3) is 0.600. The minimum Gasteiger partial charge on any atom is -0.381 e. The number of thiophene rings is 1. The zero-order valence-electron chi connectivity index (χ0n) is 10.6. The van der Waals surface area contributed by atoms with E-state index in [1.165, 1.54) is 11.4 Å². The smallest absolute Gasteiger partial charge is 0.300 e. The Morgan fingerprint density at radius 1 is 1.50 bits per heavy atom. The van der Waals surface area contributed by atoms with Crippen LogP contribution in [0.5, 0.6) is 0 Å². The van der Waals surface area contributed by atoms with Gasteiger partial charge >= 0.3 is 0 Å². The lowest BCUT2D eigenvalue weighted by Gasteiger charge is -2.29. The van der Waals surface area contributed by atoms with E-state index in [1.807, 2.05) is 0 Å². The molecule has 1 aromatic heterocycles. The van der Waals surface area contributed by atoms with Gasteiger partial charge in [0, 0.05) is 32.4 Å². The second-order valence-electron chi connectivity index (χ2n) is 4.35. The summed E-state index contributed by atoms with van der Waals surface area (Å²) >= 11 is 6.42. The molecule has 1 saturated heterocycles. The van der Waals surface area contributed by atoms with Crippen LogP contribution in [0.4, 0.5) is 5.69 Å². The van der Waals surface area contributed by atoms with E-state index in [2.05, 4.69) is 0 Å². The van der Waals surface area contributed by atoms with Crippen LogP contribution in [0.15, 0.2) is 10.3 Å². The van der Waals surface area contributed by atoms with Gasteiger partial charge in [0.1, 0.15) is 4.21 Å². The molecule has 1 fully saturated rings. The third kappa shape index (κ3) is 2.96. The van der Waals surface area contributed by atoms with Crippen molar-refractivity contribution in [1.29, 1.82) is 0 Å². The molecule has 0 amide bonds. The molecule has 0 spiro atoms. The van der Waals surface area contributed by atoms with Gasteiger partial charge in [-0.1, -0.05) is 11.6 Å². The van der Waals surface area contributed by atoms with Crippen molar-refractivity contribution in [2.24, 2.45) is 0 Å². The van der Waals surface area contributed by atoms with Gasteiger partial charge in [0.2, 0.25) is 0 Å². The maximum Gasteiger partial charge on any atom is 0.300 e. The van der Waals surface area contributed by atoms with Gasteiger partial charge in [-0.3, -0.25) is 10.1 Å². The molecule has 1 aliphatic rings. The molecule has 0 N–H and O–H groups in total. The Morgan fingerprint density at radius 2 is 2.10 bits per heavy atom. The van der Waals surface area contributed by atoms with Crippen LogP contribution in [0, 0.1) is 10.1 Å². The van der Waals surface area contributed by atoms with E-state index < -0.39 is 14.9 Å². The number of ether oxygens (including phenoxy) is 1.